The fourth-order valence-corrected chi connectivity index (χ4v) is 7.38. The van der Waals surface area contributed by atoms with Gasteiger partial charge in [-0.15, -0.1) is 0 Å². The van der Waals surface area contributed by atoms with Crippen LogP contribution in [0.5, 0.6) is 0 Å². The molecule has 0 amide bonds. The van der Waals surface area contributed by atoms with Gasteiger partial charge < -0.3 is 9.13 Å². The normalized spacial score (nSPS) is 11.1. The fourth-order valence-electron chi connectivity index (χ4n) is 7.38. The Bertz CT molecular complexity index is 2900. The van der Waals surface area contributed by atoms with E-state index >= 15 is 0 Å². The smallest absolute Gasteiger partial charge is 0.189 e. The van der Waals surface area contributed by atoms with Crippen LogP contribution in [0, 0.1) is 29.2 Å². The zero-order valence-electron chi connectivity index (χ0n) is 26.7. The van der Waals surface area contributed by atoms with Gasteiger partial charge in [0.05, 0.1) is 51.9 Å². The first-order chi connectivity index (χ1) is 24.7. The standard InChI is InChI=1S/C45H25N5/c1-48-34-19-22-36(44(26-34)50-42-23-16-29(27-46)24-39(42)45-33(28-47)10-7-15-43(45)50)32-9-6-8-31(25-32)30-17-20-35(21-18-30)49-40-13-4-2-11-37(40)38-12-3-5-14-41(38)49/h2-26H. The molecule has 0 spiro atoms. The Kier molecular flexibility index (Phi) is 6.56. The van der Waals surface area contributed by atoms with Gasteiger partial charge in [0.1, 0.15) is 0 Å². The van der Waals surface area contributed by atoms with Crippen LogP contribution >= 0.6 is 0 Å². The molecule has 0 aliphatic rings. The summed E-state index contributed by atoms with van der Waals surface area (Å²) < 4.78 is 4.43. The Labute approximate surface area is 288 Å². The Morgan fingerprint density at radius 3 is 1.90 bits per heavy atom. The Morgan fingerprint density at radius 2 is 1.18 bits per heavy atom. The van der Waals surface area contributed by atoms with Gasteiger partial charge in [-0.05, 0) is 83.4 Å². The van der Waals surface area contributed by atoms with Crippen LogP contribution in [-0.2, 0) is 0 Å². The van der Waals surface area contributed by atoms with Gasteiger partial charge in [0.2, 0.25) is 0 Å². The van der Waals surface area contributed by atoms with Crippen LogP contribution in [0.2, 0.25) is 0 Å². The van der Waals surface area contributed by atoms with Crippen molar-refractivity contribution in [2.24, 2.45) is 0 Å². The first-order valence-corrected chi connectivity index (χ1v) is 16.3. The lowest BCUT2D eigenvalue weighted by Gasteiger charge is -2.16. The van der Waals surface area contributed by atoms with Crippen molar-refractivity contribution in [3.63, 3.8) is 0 Å². The van der Waals surface area contributed by atoms with Crippen LogP contribution < -0.4 is 0 Å². The molecule has 9 rings (SSSR count). The molecule has 0 aliphatic carbocycles. The summed E-state index contributed by atoms with van der Waals surface area (Å²) in [6.45, 7) is 7.82. The number of nitrogens with zero attached hydrogens (tertiary/aromatic N) is 5. The lowest BCUT2D eigenvalue weighted by Crippen LogP contribution is -1.97. The molecular weight excluding hydrogens is 611 g/mol. The van der Waals surface area contributed by atoms with Crippen LogP contribution in [-0.4, -0.2) is 9.13 Å². The topological polar surface area (TPSA) is 61.8 Å². The van der Waals surface area contributed by atoms with Gasteiger partial charge in [0.25, 0.3) is 0 Å². The number of benzene rings is 7. The molecule has 0 saturated carbocycles. The Balaban J connectivity index is 1.19. The zero-order valence-corrected chi connectivity index (χ0v) is 26.7. The van der Waals surface area contributed by atoms with Crippen molar-refractivity contribution in [3.8, 4) is 45.8 Å². The highest BCUT2D eigenvalue weighted by atomic mass is 15.0. The van der Waals surface area contributed by atoms with Gasteiger partial charge >= 0.3 is 0 Å². The number of rotatable bonds is 4. The van der Waals surface area contributed by atoms with Crippen LogP contribution in [0.1, 0.15) is 11.1 Å². The van der Waals surface area contributed by atoms with Crippen molar-refractivity contribution in [1.82, 2.24) is 9.13 Å². The molecule has 9 aromatic rings. The number of para-hydroxylation sites is 2. The SMILES string of the molecule is [C-]#[N+]c1ccc(-c2cccc(-c3ccc(-n4c5ccccc5c5ccccc54)cc3)c2)c(-n2c3ccc(C#N)cc3c3c(C#N)cccc32)c1. The van der Waals surface area contributed by atoms with Crippen molar-refractivity contribution < 1.29 is 0 Å². The molecule has 0 N–H and O–H groups in total. The highest BCUT2D eigenvalue weighted by molar-refractivity contribution is 6.13. The maximum Gasteiger partial charge on any atom is 0.189 e. The van der Waals surface area contributed by atoms with Crippen molar-refractivity contribution in [3.05, 3.63) is 174 Å². The Hall–Kier alpha value is -7.39. The third-order valence-corrected chi connectivity index (χ3v) is 9.60. The predicted molar refractivity (Wildman–Crippen MR) is 202 cm³/mol. The third kappa shape index (κ3) is 4.38. The summed E-state index contributed by atoms with van der Waals surface area (Å²) in [4.78, 5) is 3.77. The van der Waals surface area contributed by atoms with Gasteiger partial charge in [-0.2, -0.15) is 10.5 Å². The second-order valence-electron chi connectivity index (χ2n) is 12.3. The van der Waals surface area contributed by atoms with Crippen molar-refractivity contribution >= 4 is 49.3 Å². The van der Waals surface area contributed by atoms with E-state index in [2.05, 4.69) is 123 Å². The van der Waals surface area contributed by atoms with Crippen LogP contribution in [0.4, 0.5) is 5.69 Å². The molecule has 50 heavy (non-hydrogen) atoms. The first-order valence-electron chi connectivity index (χ1n) is 16.3. The predicted octanol–water partition coefficient (Wildman–Crippen LogP) is 11.5. The summed E-state index contributed by atoms with van der Waals surface area (Å²) in [6, 6.07) is 55.8. The van der Waals surface area contributed by atoms with E-state index in [1.165, 1.54) is 21.8 Å². The summed E-state index contributed by atoms with van der Waals surface area (Å²) >= 11 is 0. The molecule has 0 fully saturated rings. The molecule has 0 aliphatic heterocycles. The number of hydrogen-bond donors (Lipinski definition) is 0. The third-order valence-electron chi connectivity index (χ3n) is 9.60. The fraction of sp³-hybridized carbons (Fsp3) is 0. The second-order valence-corrected chi connectivity index (χ2v) is 12.3. The van der Waals surface area contributed by atoms with Gasteiger partial charge in [-0.3, -0.25) is 0 Å². The molecular formula is C45H25N5. The number of hydrogen-bond acceptors (Lipinski definition) is 2. The summed E-state index contributed by atoms with van der Waals surface area (Å²) in [7, 11) is 0. The average Bonchev–Trinajstić information content (AvgIpc) is 3.70. The lowest BCUT2D eigenvalue weighted by atomic mass is 9.97. The average molecular weight is 636 g/mol. The Morgan fingerprint density at radius 1 is 0.500 bits per heavy atom. The molecule has 0 bridgehead atoms. The van der Waals surface area contributed by atoms with Gasteiger partial charge in [0, 0.05) is 38.5 Å². The maximum atomic E-state index is 10.1. The second kappa shape index (κ2) is 11.4. The summed E-state index contributed by atoms with van der Waals surface area (Å²) in [6.07, 6.45) is 0. The molecule has 2 heterocycles. The molecule has 5 nitrogen and oxygen atoms in total. The van der Waals surface area contributed by atoms with Crippen molar-refractivity contribution in [2.45, 2.75) is 0 Å². The van der Waals surface area contributed by atoms with E-state index in [1.807, 2.05) is 42.5 Å². The molecule has 0 atom stereocenters. The van der Waals surface area contributed by atoms with E-state index in [0.29, 0.717) is 16.8 Å². The number of nitriles is 2. The molecule has 5 heteroatoms. The van der Waals surface area contributed by atoms with E-state index < -0.39 is 0 Å². The summed E-state index contributed by atoms with van der Waals surface area (Å²) in [5.41, 5.74) is 11.7. The molecule has 0 saturated heterocycles. The van der Waals surface area contributed by atoms with E-state index in [0.717, 1.165) is 55.4 Å². The number of fused-ring (bicyclic) bond motifs is 6. The maximum absolute atomic E-state index is 10.1. The first kappa shape index (κ1) is 28.8. The molecule has 0 radical (unpaired) electrons. The highest BCUT2D eigenvalue weighted by Crippen LogP contribution is 2.40. The lowest BCUT2D eigenvalue weighted by molar-refractivity contribution is 1.18. The van der Waals surface area contributed by atoms with Crippen LogP contribution in [0.3, 0.4) is 0 Å². The van der Waals surface area contributed by atoms with Crippen molar-refractivity contribution in [1.29, 1.82) is 10.5 Å². The largest absolute Gasteiger partial charge is 0.310 e. The number of aromatic nitrogens is 2. The minimum absolute atomic E-state index is 0.514. The van der Waals surface area contributed by atoms with Crippen LogP contribution in [0.15, 0.2) is 152 Å². The van der Waals surface area contributed by atoms with Gasteiger partial charge in [-0.25, -0.2) is 4.85 Å². The zero-order chi connectivity index (χ0) is 33.8. The minimum Gasteiger partial charge on any atom is -0.310 e. The van der Waals surface area contributed by atoms with E-state index in [-0.39, 0.29) is 0 Å². The van der Waals surface area contributed by atoms with Gasteiger partial charge in [0.15, 0.2) is 5.69 Å². The molecule has 7 aromatic carbocycles. The van der Waals surface area contributed by atoms with Gasteiger partial charge in [-0.1, -0.05) is 84.9 Å². The van der Waals surface area contributed by atoms with E-state index in [9.17, 15) is 10.5 Å². The van der Waals surface area contributed by atoms with E-state index in [4.69, 9.17) is 6.57 Å². The molecule has 2 aromatic heterocycles. The molecule has 0 unspecified atom stereocenters. The summed E-state index contributed by atoms with van der Waals surface area (Å²) in [5.74, 6) is 0. The molecule has 230 valence electrons. The highest BCUT2D eigenvalue weighted by Gasteiger charge is 2.19. The monoisotopic (exact) mass is 635 g/mol. The van der Waals surface area contributed by atoms with Crippen molar-refractivity contribution in [2.75, 3.05) is 0 Å². The van der Waals surface area contributed by atoms with Crippen LogP contribution in [0.25, 0.3) is 82.1 Å². The quantitative estimate of drug-likeness (QED) is 0.181. The van der Waals surface area contributed by atoms with E-state index in [1.54, 1.807) is 12.1 Å². The minimum atomic E-state index is 0.514. The summed E-state index contributed by atoms with van der Waals surface area (Å²) in [5, 5.41) is 23.8.